The van der Waals surface area contributed by atoms with Gasteiger partial charge in [0, 0.05) is 0 Å². The van der Waals surface area contributed by atoms with Gasteiger partial charge in [0.15, 0.2) is 0 Å². The zero-order valence-corrected chi connectivity index (χ0v) is 10.1. The van der Waals surface area contributed by atoms with Crippen LogP contribution in [-0.2, 0) is 4.74 Å². The number of aliphatic hydroxyl groups excluding tert-OH is 1. The highest BCUT2D eigenvalue weighted by atomic mass is 16.5. The van der Waals surface area contributed by atoms with E-state index in [-0.39, 0.29) is 0 Å². The molecule has 0 aliphatic heterocycles. The molecule has 92 valence electrons. The van der Waals surface area contributed by atoms with Crippen molar-refractivity contribution in [2.75, 3.05) is 13.2 Å². The van der Waals surface area contributed by atoms with Gasteiger partial charge in [-0.1, -0.05) is 12.1 Å². The highest BCUT2D eigenvalue weighted by Gasteiger charge is 2.03. The summed E-state index contributed by atoms with van der Waals surface area (Å²) in [6.45, 7) is 4.15. The third kappa shape index (κ3) is 4.85. The third-order valence-electron chi connectivity index (χ3n) is 2.24. The van der Waals surface area contributed by atoms with Crippen LogP contribution >= 0.6 is 0 Å². The lowest BCUT2D eigenvalue weighted by molar-refractivity contribution is 0.0743. The molecule has 0 spiro atoms. The van der Waals surface area contributed by atoms with E-state index in [1.54, 1.807) is 19.9 Å². The molecule has 4 nitrogen and oxygen atoms in total. The summed E-state index contributed by atoms with van der Waals surface area (Å²) in [6.07, 6.45) is -0.921. The minimum absolute atomic E-state index is 0.369. The van der Waals surface area contributed by atoms with Crippen LogP contribution in [0.5, 0.6) is 5.75 Å². The maximum atomic E-state index is 9.41. The topological polar surface area (TPSA) is 62.5 Å². The fraction of sp³-hybridized carbons (Fsp3) is 0.462. The molecule has 0 aliphatic carbocycles. The smallest absolute Gasteiger partial charge is 0.141 e. The molecular weight excluding hydrogens is 218 g/mol. The molecule has 0 heterocycles. The van der Waals surface area contributed by atoms with Crippen molar-refractivity contribution in [1.82, 2.24) is 0 Å². The van der Waals surface area contributed by atoms with Crippen molar-refractivity contribution in [3.05, 3.63) is 29.8 Å². The van der Waals surface area contributed by atoms with E-state index in [4.69, 9.17) is 14.7 Å². The van der Waals surface area contributed by atoms with Crippen LogP contribution in [0.4, 0.5) is 0 Å². The quantitative estimate of drug-likeness (QED) is 0.766. The number of hydrogen-bond acceptors (Lipinski definition) is 4. The van der Waals surface area contributed by atoms with E-state index in [1.807, 2.05) is 24.3 Å². The van der Waals surface area contributed by atoms with Crippen LogP contribution in [0.3, 0.4) is 0 Å². The van der Waals surface area contributed by atoms with Crippen LogP contribution < -0.4 is 4.74 Å². The molecule has 0 fully saturated rings. The van der Waals surface area contributed by atoms with Gasteiger partial charge >= 0.3 is 0 Å². The molecule has 4 heteroatoms. The molecule has 1 N–H and O–H groups in total. The number of benzene rings is 1. The zero-order valence-electron chi connectivity index (χ0n) is 10.1. The van der Waals surface area contributed by atoms with Crippen molar-refractivity contribution in [1.29, 1.82) is 5.26 Å². The summed E-state index contributed by atoms with van der Waals surface area (Å²) >= 11 is 0. The minimum atomic E-state index is -0.506. The Morgan fingerprint density at radius 2 is 2.12 bits per heavy atom. The third-order valence-corrected chi connectivity index (χ3v) is 2.24. The molecule has 0 amide bonds. The summed E-state index contributed by atoms with van der Waals surface area (Å²) in [5.41, 5.74) is 0.814. The first-order valence-corrected chi connectivity index (χ1v) is 5.55. The van der Waals surface area contributed by atoms with E-state index < -0.39 is 12.2 Å². The monoisotopic (exact) mass is 235 g/mol. The second-order valence-electron chi connectivity index (χ2n) is 3.74. The first kappa shape index (κ1) is 13.5. The molecule has 0 bridgehead atoms. The highest BCUT2D eigenvalue weighted by molar-refractivity contribution is 5.29. The number of aliphatic hydroxyl groups is 1. The Balaban J connectivity index is 2.37. The second kappa shape index (κ2) is 6.89. The Bertz CT molecular complexity index is 384. The van der Waals surface area contributed by atoms with Crippen LogP contribution in [0.2, 0.25) is 0 Å². The Labute approximate surface area is 101 Å². The van der Waals surface area contributed by atoms with Crippen LogP contribution in [0.15, 0.2) is 24.3 Å². The van der Waals surface area contributed by atoms with Crippen LogP contribution in [-0.4, -0.2) is 24.4 Å². The number of ether oxygens (including phenoxy) is 2. The van der Waals surface area contributed by atoms with Crippen LogP contribution in [0.1, 0.15) is 25.5 Å². The Kier molecular flexibility index (Phi) is 5.47. The van der Waals surface area contributed by atoms with Gasteiger partial charge in [0.2, 0.25) is 0 Å². The molecule has 1 aromatic carbocycles. The average molecular weight is 235 g/mol. The molecule has 0 radical (unpaired) electrons. The molecule has 1 aromatic rings. The number of hydrogen-bond donors (Lipinski definition) is 1. The Morgan fingerprint density at radius 1 is 1.35 bits per heavy atom. The van der Waals surface area contributed by atoms with E-state index in [9.17, 15) is 5.11 Å². The van der Waals surface area contributed by atoms with Gasteiger partial charge in [-0.05, 0) is 31.5 Å². The largest absolute Gasteiger partial charge is 0.491 e. The summed E-state index contributed by atoms with van der Waals surface area (Å²) < 4.78 is 10.6. The maximum absolute atomic E-state index is 9.41. The maximum Gasteiger partial charge on any atom is 0.141 e. The van der Waals surface area contributed by atoms with Crippen molar-refractivity contribution in [2.24, 2.45) is 0 Å². The first-order valence-electron chi connectivity index (χ1n) is 5.55. The van der Waals surface area contributed by atoms with Gasteiger partial charge in [-0.2, -0.15) is 5.26 Å². The second-order valence-corrected chi connectivity index (χ2v) is 3.74. The number of rotatable bonds is 6. The van der Waals surface area contributed by atoms with Crippen molar-refractivity contribution in [2.45, 2.75) is 26.1 Å². The summed E-state index contributed by atoms with van der Waals surface area (Å²) in [7, 11) is 0. The molecule has 2 unspecified atom stereocenters. The van der Waals surface area contributed by atoms with Crippen LogP contribution in [0, 0.1) is 11.3 Å². The fourth-order valence-corrected chi connectivity index (χ4v) is 1.29. The van der Waals surface area contributed by atoms with E-state index in [2.05, 4.69) is 0 Å². The predicted molar refractivity (Wildman–Crippen MR) is 63.6 cm³/mol. The predicted octanol–water partition coefficient (Wildman–Crippen LogP) is 2.05. The molecule has 0 aromatic heterocycles. The molecular formula is C13H17NO3. The van der Waals surface area contributed by atoms with Gasteiger partial charge in [-0.15, -0.1) is 0 Å². The van der Waals surface area contributed by atoms with Crippen molar-refractivity contribution in [3.63, 3.8) is 0 Å². The SMILES string of the molecule is CC(C#N)OCCOc1cccc(C(C)O)c1. The Morgan fingerprint density at radius 3 is 2.76 bits per heavy atom. The Hall–Kier alpha value is -1.57. The molecule has 2 atom stereocenters. The zero-order chi connectivity index (χ0) is 12.7. The lowest BCUT2D eigenvalue weighted by Gasteiger charge is -2.10. The standard InChI is InChI=1S/C13H17NO3/c1-10(9-14)16-6-7-17-13-5-3-4-12(8-13)11(2)15/h3-5,8,10-11,15H,6-7H2,1-2H3. The summed E-state index contributed by atoms with van der Waals surface area (Å²) in [6, 6.07) is 9.25. The average Bonchev–Trinajstić information content (AvgIpc) is 2.34. The van der Waals surface area contributed by atoms with Gasteiger partial charge in [0.05, 0.1) is 18.8 Å². The number of nitrogens with zero attached hydrogens (tertiary/aromatic N) is 1. The first-order chi connectivity index (χ1) is 8.13. The molecule has 0 saturated heterocycles. The normalized spacial score (nSPS) is 13.8. The van der Waals surface area contributed by atoms with Gasteiger partial charge in [0.25, 0.3) is 0 Å². The minimum Gasteiger partial charge on any atom is -0.491 e. The van der Waals surface area contributed by atoms with Crippen LogP contribution in [0.25, 0.3) is 0 Å². The lowest BCUT2D eigenvalue weighted by atomic mass is 10.1. The fourth-order valence-electron chi connectivity index (χ4n) is 1.29. The van der Waals surface area contributed by atoms with Crippen molar-refractivity contribution in [3.8, 4) is 11.8 Å². The summed E-state index contributed by atoms with van der Waals surface area (Å²) in [5, 5.41) is 17.9. The molecule has 1 rings (SSSR count). The molecule has 17 heavy (non-hydrogen) atoms. The van der Waals surface area contributed by atoms with Gasteiger partial charge < -0.3 is 14.6 Å². The summed E-state index contributed by atoms with van der Waals surface area (Å²) in [4.78, 5) is 0. The molecule has 0 saturated carbocycles. The van der Waals surface area contributed by atoms with Gasteiger partial charge in [-0.3, -0.25) is 0 Å². The molecule has 0 aliphatic rings. The van der Waals surface area contributed by atoms with E-state index in [0.717, 1.165) is 5.56 Å². The van der Waals surface area contributed by atoms with E-state index in [1.165, 1.54) is 0 Å². The highest BCUT2D eigenvalue weighted by Crippen LogP contribution is 2.18. The lowest BCUT2D eigenvalue weighted by Crippen LogP contribution is -2.12. The van der Waals surface area contributed by atoms with E-state index >= 15 is 0 Å². The van der Waals surface area contributed by atoms with Crippen molar-refractivity contribution < 1.29 is 14.6 Å². The van der Waals surface area contributed by atoms with Gasteiger partial charge in [0.1, 0.15) is 18.5 Å². The number of nitriles is 1. The van der Waals surface area contributed by atoms with Gasteiger partial charge in [-0.25, -0.2) is 0 Å². The van der Waals surface area contributed by atoms with E-state index in [0.29, 0.717) is 19.0 Å². The summed E-state index contributed by atoms with van der Waals surface area (Å²) in [5.74, 6) is 0.691. The van der Waals surface area contributed by atoms with Crippen molar-refractivity contribution >= 4 is 0 Å².